The minimum atomic E-state index is -0.781. The molecule has 6 heteroatoms. The van der Waals surface area contributed by atoms with Gasteiger partial charge in [-0.1, -0.05) is 35.4 Å². The van der Waals surface area contributed by atoms with Crippen LogP contribution in [0.3, 0.4) is 0 Å². The summed E-state index contributed by atoms with van der Waals surface area (Å²) in [7, 11) is 0. The fraction of sp³-hybridized carbons (Fsp3) is 0.333. The van der Waals surface area contributed by atoms with Crippen LogP contribution in [0, 0.1) is 0 Å². The third-order valence-electron chi connectivity index (χ3n) is 3.88. The van der Waals surface area contributed by atoms with Crippen molar-refractivity contribution < 1.29 is 9.59 Å². The van der Waals surface area contributed by atoms with E-state index in [2.05, 4.69) is 17.2 Å². The van der Waals surface area contributed by atoms with E-state index < -0.39 is 11.6 Å². The lowest BCUT2D eigenvalue weighted by molar-refractivity contribution is -0.143. The molecule has 0 aromatic heterocycles. The van der Waals surface area contributed by atoms with E-state index in [-0.39, 0.29) is 11.8 Å². The predicted molar refractivity (Wildman–Crippen MR) is 81.3 cm³/mol. The van der Waals surface area contributed by atoms with Gasteiger partial charge in [0.2, 0.25) is 11.8 Å². The summed E-state index contributed by atoms with van der Waals surface area (Å²) in [4.78, 5) is 24.4. The van der Waals surface area contributed by atoms with Crippen molar-refractivity contribution in [3.05, 3.63) is 46.0 Å². The van der Waals surface area contributed by atoms with Crippen LogP contribution in [0.4, 0.5) is 0 Å². The zero-order chi connectivity index (χ0) is 15.2. The van der Waals surface area contributed by atoms with Gasteiger partial charge in [0.15, 0.2) is 0 Å². The van der Waals surface area contributed by atoms with Gasteiger partial charge >= 0.3 is 0 Å². The molecule has 1 unspecified atom stereocenters. The van der Waals surface area contributed by atoms with Crippen molar-refractivity contribution in [3.8, 4) is 0 Å². The van der Waals surface area contributed by atoms with Crippen LogP contribution in [0.25, 0.3) is 0 Å². The molecule has 0 bridgehead atoms. The summed E-state index contributed by atoms with van der Waals surface area (Å²) in [6, 6.07) is 4.50. The number of rotatable bonds is 2. The first kappa shape index (κ1) is 14.4. The third kappa shape index (κ3) is 2.65. The first-order chi connectivity index (χ1) is 9.88. The first-order valence-corrected chi connectivity index (χ1v) is 7.38. The van der Waals surface area contributed by atoms with Crippen LogP contribution in [0.1, 0.15) is 18.4 Å². The molecule has 1 aliphatic heterocycles. The highest BCUT2D eigenvalue weighted by Crippen LogP contribution is 2.38. The third-order valence-corrected chi connectivity index (χ3v) is 4.32. The van der Waals surface area contributed by atoms with Gasteiger partial charge in [0.05, 0.1) is 0 Å². The summed E-state index contributed by atoms with van der Waals surface area (Å²) in [6.07, 6.45) is 1.38. The highest BCUT2D eigenvalue weighted by Gasteiger charge is 2.52. The molecule has 1 saturated carbocycles. The van der Waals surface area contributed by atoms with E-state index in [9.17, 15) is 9.59 Å². The van der Waals surface area contributed by atoms with E-state index in [1.165, 1.54) is 0 Å². The monoisotopic (exact) mass is 324 g/mol. The van der Waals surface area contributed by atoms with Gasteiger partial charge in [-0.2, -0.15) is 0 Å². The Morgan fingerprint density at radius 1 is 1.19 bits per heavy atom. The Bertz CT molecular complexity index is 629. The number of benzene rings is 1. The molecule has 1 aliphatic carbocycles. The molecule has 4 nitrogen and oxygen atoms in total. The van der Waals surface area contributed by atoms with Crippen molar-refractivity contribution in [2.45, 2.75) is 30.8 Å². The molecule has 1 atom stereocenters. The van der Waals surface area contributed by atoms with Crippen molar-refractivity contribution in [1.82, 2.24) is 10.6 Å². The Hall–Kier alpha value is -1.52. The first-order valence-electron chi connectivity index (χ1n) is 6.63. The van der Waals surface area contributed by atoms with Gasteiger partial charge < -0.3 is 10.6 Å². The minimum Gasteiger partial charge on any atom is -0.342 e. The molecule has 1 aromatic rings. The SMILES string of the molecule is C=C1CC2(C1)NC(=O)C(Cc1cc(Cl)cc(Cl)c1)NC2=O. The molecule has 2 aliphatic rings. The van der Waals surface area contributed by atoms with Crippen molar-refractivity contribution in [3.63, 3.8) is 0 Å². The Morgan fingerprint density at radius 2 is 1.81 bits per heavy atom. The molecule has 3 rings (SSSR count). The second-order valence-electron chi connectivity index (χ2n) is 5.68. The van der Waals surface area contributed by atoms with Crippen LogP contribution in [0.5, 0.6) is 0 Å². The second kappa shape index (κ2) is 5.04. The predicted octanol–water partition coefficient (Wildman–Crippen LogP) is 2.24. The van der Waals surface area contributed by atoms with Gasteiger partial charge in [0.25, 0.3) is 0 Å². The van der Waals surface area contributed by atoms with Crippen molar-refractivity contribution in [2.75, 3.05) is 0 Å². The molecular weight excluding hydrogens is 311 g/mol. The average Bonchev–Trinajstić information content (AvgIpc) is 2.32. The van der Waals surface area contributed by atoms with Crippen molar-refractivity contribution in [2.24, 2.45) is 0 Å². The zero-order valence-electron chi connectivity index (χ0n) is 11.2. The average molecular weight is 325 g/mol. The Kier molecular flexibility index (Phi) is 3.46. The Morgan fingerprint density at radius 3 is 2.38 bits per heavy atom. The number of nitrogens with one attached hydrogen (secondary N) is 2. The molecule has 1 heterocycles. The van der Waals surface area contributed by atoms with Crippen molar-refractivity contribution in [1.29, 1.82) is 0 Å². The molecule has 110 valence electrons. The van der Waals surface area contributed by atoms with Gasteiger partial charge in [0, 0.05) is 29.3 Å². The highest BCUT2D eigenvalue weighted by molar-refractivity contribution is 6.34. The zero-order valence-corrected chi connectivity index (χ0v) is 12.7. The van der Waals surface area contributed by atoms with Crippen LogP contribution in [-0.2, 0) is 16.0 Å². The maximum absolute atomic E-state index is 12.2. The molecule has 21 heavy (non-hydrogen) atoms. The summed E-state index contributed by atoms with van der Waals surface area (Å²) >= 11 is 11.9. The van der Waals surface area contributed by atoms with Gasteiger partial charge in [-0.05, 0) is 23.8 Å². The summed E-state index contributed by atoms with van der Waals surface area (Å²) < 4.78 is 0. The fourth-order valence-electron chi connectivity index (χ4n) is 2.90. The summed E-state index contributed by atoms with van der Waals surface area (Å²) in [5.41, 5.74) is 1.00. The highest BCUT2D eigenvalue weighted by atomic mass is 35.5. The number of piperazine rings is 1. The van der Waals surface area contributed by atoms with Crippen LogP contribution in [-0.4, -0.2) is 23.4 Å². The standard InChI is InChI=1S/C15H14Cl2N2O2/c1-8-6-15(7-8)14(21)18-12(13(20)19-15)4-9-2-10(16)5-11(17)3-9/h2-3,5,12H,1,4,6-7H2,(H,18,21)(H,19,20). The molecule has 1 saturated heterocycles. The van der Waals surface area contributed by atoms with Crippen LogP contribution in [0.2, 0.25) is 10.0 Å². The van der Waals surface area contributed by atoms with E-state index in [1.54, 1.807) is 18.2 Å². The molecule has 0 radical (unpaired) electrons. The molecule has 1 spiro atoms. The van der Waals surface area contributed by atoms with E-state index in [0.29, 0.717) is 29.3 Å². The van der Waals surface area contributed by atoms with E-state index in [4.69, 9.17) is 23.2 Å². The Balaban J connectivity index is 1.74. The number of hydrogen-bond acceptors (Lipinski definition) is 2. The molecule has 2 amide bonds. The quantitative estimate of drug-likeness (QED) is 0.820. The molecule has 1 aromatic carbocycles. The molecular formula is C15H14Cl2N2O2. The number of carbonyl (C=O) groups excluding carboxylic acids is 2. The molecule has 2 fully saturated rings. The van der Waals surface area contributed by atoms with Gasteiger partial charge in [-0.25, -0.2) is 0 Å². The van der Waals surface area contributed by atoms with E-state index >= 15 is 0 Å². The lowest BCUT2D eigenvalue weighted by Crippen LogP contribution is -2.72. The van der Waals surface area contributed by atoms with E-state index in [0.717, 1.165) is 11.1 Å². The molecule has 2 N–H and O–H groups in total. The lowest BCUT2D eigenvalue weighted by Gasteiger charge is -2.46. The van der Waals surface area contributed by atoms with Gasteiger partial charge in [-0.15, -0.1) is 0 Å². The normalized spacial score (nSPS) is 23.5. The lowest BCUT2D eigenvalue weighted by atomic mass is 9.71. The van der Waals surface area contributed by atoms with Crippen LogP contribution < -0.4 is 10.6 Å². The van der Waals surface area contributed by atoms with Crippen LogP contribution in [0.15, 0.2) is 30.4 Å². The topological polar surface area (TPSA) is 58.2 Å². The minimum absolute atomic E-state index is 0.146. The van der Waals surface area contributed by atoms with E-state index in [1.807, 2.05) is 0 Å². The maximum atomic E-state index is 12.2. The van der Waals surface area contributed by atoms with Gasteiger partial charge in [-0.3, -0.25) is 9.59 Å². The summed E-state index contributed by atoms with van der Waals surface area (Å²) in [5, 5.41) is 6.63. The smallest absolute Gasteiger partial charge is 0.247 e. The number of halogens is 2. The Labute approximate surface area is 132 Å². The fourth-order valence-corrected chi connectivity index (χ4v) is 3.47. The number of carbonyl (C=O) groups is 2. The van der Waals surface area contributed by atoms with Gasteiger partial charge in [0.1, 0.15) is 11.6 Å². The number of amides is 2. The van der Waals surface area contributed by atoms with Crippen molar-refractivity contribution >= 4 is 35.0 Å². The maximum Gasteiger partial charge on any atom is 0.247 e. The number of hydrogen-bond donors (Lipinski definition) is 2. The van der Waals surface area contributed by atoms with Crippen LogP contribution >= 0.6 is 23.2 Å². The summed E-state index contributed by atoms with van der Waals surface area (Å²) in [6.45, 7) is 3.82. The second-order valence-corrected chi connectivity index (χ2v) is 6.56. The summed E-state index contributed by atoms with van der Waals surface area (Å²) in [5.74, 6) is -0.328. The largest absolute Gasteiger partial charge is 0.342 e.